The van der Waals surface area contributed by atoms with E-state index in [1.165, 1.54) is 30.2 Å². The highest BCUT2D eigenvalue weighted by molar-refractivity contribution is 6.03. The Hall–Kier alpha value is -5.11. The van der Waals surface area contributed by atoms with Gasteiger partial charge >= 0.3 is 18.0 Å². The number of nitrogens with one attached hydrogen (secondary N) is 1. The van der Waals surface area contributed by atoms with Crippen molar-refractivity contribution in [1.82, 2.24) is 5.32 Å². The van der Waals surface area contributed by atoms with Crippen LogP contribution < -0.4 is 15.0 Å². The molecule has 8 heteroatoms. The number of urea groups is 1. The maximum absolute atomic E-state index is 13.4. The van der Waals surface area contributed by atoms with E-state index >= 15 is 0 Å². The number of aromatic carboxylic acids is 1. The zero-order chi connectivity index (χ0) is 26.9. The highest BCUT2D eigenvalue weighted by atomic mass is 16.5. The molecule has 8 nitrogen and oxygen atoms in total. The lowest BCUT2D eigenvalue weighted by molar-refractivity contribution is 0.0600. The summed E-state index contributed by atoms with van der Waals surface area (Å²) in [6, 6.07) is 29.5. The molecule has 192 valence electrons. The fourth-order valence-corrected chi connectivity index (χ4v) is 3.79. The van der Waals surface area contributed by atoms with Gasteiger partial charge in [0.2, 0.25) is 0 Å². The van der Waals surface area contributed by atoms with Crippen molar-refractivity contribution < 1.29 is 29.0 Å². The van der Waals surface area contributed by atoms with E-state index in [1.807, 2.05) is 84.9 Å². The third-order valence-corrected chi connectivity index (χ3v) is 5.71. The standard InChI is InChI=1S/C30H26N2O6/c1-37-29(35)23-14-17-27(26(18-23)28(33)34)32(20-22-8-4-2-5-9-22)30(36)31-19-21-12-15-25(16-13-21)38-24-10-6-3-7-11-24/h2-18H,19-20H2,1H3,(H,31,36)(H,33,34). The van der Waals surface area contributed by atoms with Crippen molar-refractivity contribution in [2.24, 2.45) is 0 Å². The lowest BCUT2D eigenvalue weighted by atomic mass is 10.1. The number of esters is 1. The van der Waals surface area contributed by atoms with Gasteiger partial charge in [0.05, 0.1) is 30.5 Å². The van der Waals surface area contributed by atoms with Crippen LogP contribution in [0.2, 0.25) is 0 Å². The minimum Gasteiger partial charge on any atom is -0.478 e. The molecule has 0 aromatic heterocycles. The Labute approximate surface area is 220 Å². The highest BCUT2D eigenvalue weighted by Gasteiger charge is 2.24. The van der Waals surface area contributed by atoms with Gasteiger partial charge in [-0.2, -0.15) is 0 Å². The molecular weight excluding hydrogens is 484 g/mol. The van der Waals surface area contributed by atoms with Crippen LogP contribution in [-0.2, 0) is 17.8 Å². The van der Waals surface area contributed by atoms with Gasteiger partial charge in [0.25, 0.3) is 0 Å². The Kier molecular flexibility index (Phi) is 8.35. The predicted molar refractivity (Wildman–Crippen MR) is 143 cm³/mol. The quantitative estimate of drug-likeness (QED) is 0.273. The third kappa shape index (κ3) is 6.55. The van der Waals surface area contributed by atoms with Gasteiger partial charge < -0.3 is 19.9 Å². The molecule has 0 heterocycles. The predicted octanol–water partition coefficient (Wildman–Crippen LogP) is 5.88. The maximum Gasteiger partial charge on any atom is 0.337 e. The molecule has 0 saturated heterocycles. The Morgan fingerprint density at radius 3 is 2.05 bits per heavy atom. The molecule has 4 rings (SSSR count). The van der Waals surface area contributed by atoms with Crippen LogP contribution in [0.1, 0.15) is 31.8 Å². The molecule has 38 heavy (non-hydrogen) atoms. The van der Waals surface area contributed by atoms with Crippen molar-refractivity contribution in [3.8, 4) is 11.5 Å². The van der Waals surface area contributed by atoms with Crippen molar-refractivity contribution in [2.45, 2.75) is 13.1 Å². The lowest BCUT2D eigenvalue weighted by Crippen LogP contribution is -2.40. The van der Waals surface area contributed by atoms with Gasteiger partial charge in [-0.05, 0) is 53.6 Å². The van der Waals surface area contributed by atoms with Crippen LogP contribution in [0.3, 0.4) is 0 Å². The number of hydrogen-bond acceptors (Lipinski definition) is 5. The van der Waals surface area contributed by atoms with Gasteiger partial charge in [-0.1, -0.05) is 60.7 Å². The molecular formula is C30H26N2O6. The smallest absolute Gasteiger partial charge is 0.337 e. The number of nitrogens with zero attached hydrogens (tertiary/aromatic N) is 1. The molecule has 0 saturated carbocycles. The fraction of sp³-hybridized carbons (Fsp3) is 0.100. The average molecular weight is 511 g/mol. The molecule has 0 fully saturated rings. The molecule has 0 spiro atoms. The second-order valence-electron chi connectivity index (χ2n) is 8.32. The molecule has 0 aliphatic heterocycles. The summed E-state index contributed by atoms with van der Waals surface area (Å²) in [7, 11) is 1.21. The van der Waals surface area contributed by atoms with E-state index in [4.69, 9.17) is 9.47 Å². The van der Waals surface area contributed by atoms with Crippen LogP contribution in [0.25, 0.3) is 0 Å². The molecule has 2 amide bonds. The van der Waals surface area contributed by atoms with Crippen molar-refractivity contribution in [2.75, 3.05) is 12.0 Å². The van der Waals surface area contributed by atoms with Crippen molar-refractivity contribution in [1.29, 1.82) is 0 Å². The van der Waals surface area contributed by atoms with Gasteiger partial charge in [-0.3, -0.25) is 4.90 Å². The summed E-state index contributed by atoms with van der Waals surface area (Å²) in [6.07, 6.45) is 0. The molecule has 4 aromatic rings. The maximum atomic E-state index is 13.4. The number of carbonyl (C=O) groups is 3. The number of amides is 2. The number of carboxylic acid groups (broad SMARTS) is 1. The number of carbonyl (C=O) groups excluding carboxylic acids is 2. The summed E-state index contributed by atoms with van der Waals surface area (Å²) in [5.74, 6) is -0.560. The molecule has 0 aliphatic carbocycles. The molecule has 0 bridgehead atoms. The van der Waals surface area contributed by atoms with E-state index in [-0.39, 0.29) is 29.9 Å². The SMILES string of the molecule is COC(=O)c1ccc(N(Cc2ccccc2)C(=O)NCc2ccc(Oc3ccccc3)cc2)c(C(=O)O)c1. The summed E-state index contributed by atoms with van der Waals surface area (Å²) in [4.78, 5) is 38.8. The summed E-state index contributed by atoms with van der Waals surface area (Å²) in [6.45, 7) is 0.326. The first-order valence-corrected chi connectivity index (χ1v) is 11.8. The minimum atomic E-state index is -1.27. The Morgan fingerprint density at radius 2 is 1.42 bits per heavy atom. The monoisotopic (exact) mass is 510 g/mol. The second-order valence-corrected chi connectivity index (χ2v) is 8.32. The van der Waals surface area contributed by atoms with Crippen LogP contribution >= 0.6 is 0 Å². The van der Waals surface area contributed by atoms with Crippen molar-refractivity contribution in [3.05, 3.63) is 125 Å². The Bertz CT molecular complexity index is 1410. The third-order valence-electron chi connectivity index (χ3n) is 5.71. The summed E-state index contributed by atoms with van der Waals surface area (Å²) in [5.41, 5.74) is 1.67. The minimum absolute atomic E-state index is 0.0755. The molecule has 4 aromatic carbocycles. The van der Waals surface area contributed by atoms with Crippen LogP contribution in [0.15, 0.2) is 103 Å². The molecule has 0 unspecified atom stereocenters. The van der Waals surface area contributed by atoms with Gasteiger partial charge in [0, 0.05) is 6.54 Å². The van der Waals surface area contributed by atoms with Gasteiger partial charge in [0.15, 0.2) is 0 Å². The Morgan fingerprint density at radius 1 is 0.789 bits per heavy atom. The van der Waals surface area contributed by atoms with Crippen LogP contribution in [0, 0.1) is 0 Å². The fourth-order valence-electron chi connectivity index (χ4n) is 3.79. The number of rotatable bonds is 9. The topological polar surface area (TPSA) is 105 Å². The van der Waals surface area contributed by atoms with E-state index in [2.05, 4.69) is 5.32 Å². The first kappa shape index (κ1) is 26.0. The number of benzene rings is 4. The molecule has 2 N–H and O–H groups in total. The molecule has 0 aliphatic rings. The summed E-state index contributed by atoms with van der Waals surface area (Å²) in [5, 5.41) is 12.7. The Balaban J connectivity index is 1.54. The van der Waals surface area contributed by atoms with Gasteiger partial charge in [-0.15, -0.1) is 0 Å². The first-order chi connectivity index (χ1) is 18.4. The lowest BCUT2D eigenvalue weighted by Gasteiger charge is -2.25. The van der Waals surface area contributed by atoms with E-state index in [0.29, 0.717) is 5.75 Å². The highest BCUT2D eigenvalue weighted by Crippen LogP contribution is 2.26. The largest absolute Gasteiger partial charge is 0.478 e. The van der Waals surface area contributed by atoms with E-state index in [1.54, 1.807) is 0 Å². The van der Waals surface area contributed by atoms with Crippen LogP contribution in [0.4, 0.5) is 10.5 Å². The van der Waals surface area contributed by atoms with Crippen LogP contribution in [0.5, 0.6) is 11.5 Å². The van der Waals surface area contributed by atoms with E-state index < -0.39 is 18.0 Å². The van der Waals surface area contributed by atoms with Crippen LogP contribution in [-0.4, -0.2) is 30.2 Å². The number of para-hydroxylation sites is 1. The summed E-state index contributed by atoms with van der Waals surface area (Å²) < 4.78 is 10.5. The normalized spacial score (nSPS) is 10.3. The van der Waals surface area contributed by atoms with E-state index in [9.17, 15) is 19.5 Å². The number of carboxylic acids is 1. The number of hydrogen-bond donors (Lipinski definition) is 2. The zero-order valence-corrected chi connectivity index (χ0v) is 20.7. The summed E-state index contributed by atoms with van der Waals surface area (Å²) >= 11 is 0. The molecule has 0 radical (unpaired) electrons. The van der Waals surface area contributed by atoms with Gasteiger partial charge in [-0.25, -0.2) is 14.4 Å². The zero-order valence-electron chi connectivity index (χ0n) is 20.7. The number of anilines is 1. The van der Waals surface area contributed by atoms with Gasteiger partial charge in [0.1, 0.15) is 11.5 Å². The number of ether oxygens (including phenoxy) is 2. The molecule has 0 atom stereocenters. The second kappa shape index (κ2) is 12.2. The average Bonchev–Trinajstić information content (AvgIpc) is 2.95. The first-order valence-electron chi connectivity index (χ1n) is 11.8. The van der Waals surface area contributed by atoms with Crippen molar-refractivity contribution in [3.63, 3.8) is 0 Å². The number of methoxy groups -OCH3 is 1. The van der Waals surface area contributed by atoms with Crippen molar-refractivity contribution >= 4 is 23.7 Å². The van der Waals surface area contributed by atoms with E-state index in [0.717, 1.165) is 16.9 Å².